The van der Waals surface area contributed by atoms with E-state index in [0.717, 1.165) is 22.6 Å². The van der Waals surface area contributed by atoms with Crippen molar-refractivity contribution < 1.29 is 23.5 Å². The Labute approximate surface area is 179 Å². The van der Waals surface area contributed by atoms with E-state index in [1.807, 2.05) is 24.0 Å². The van der Waals surface area contributed by atoms with Crippen LogP contribution in [0.1, 0.15) is 11.1 Å². The summed E-state index contributed by atoms with van der Waals surface area (Å²) in [5.74, 6) is -3.29. The molecular formula is C23H23F2N3O3. The number of carbonyl (C=O) groups is 2. The molecule has 2 aromatic rings. The zero-order valence-corrected chi connectivity index (χ0v) is 17.1. The Morgan fingerprint density at radius 1 is 0.903 bits per heavy atom. The van der Waals surface area contributed by atoms with Gasteiger partial charge in [-0.2, -0.15) is 0 Å². The highest BCUT2D eigenvalue weighted by Gasteiger charge is 2.43. The van der Waals surface area contributed by atoms with Crippen molar-refractivity contribution in [3.8, 4) is 0 Å². The number of amides is 2. The maximum Gasteiger partial charge on any atom is 0.282 e. The third-order valence-electron chi connectivity index (χ3n) is 5.67. The third kappa shape index (κ3) is 3.96. The van der Waals surface area contributed by atoms with Gasteiger partial charge in [0, 0.05) is 38.8 Å². The van der Waals surface area contributed by atoms with Gasteiger partial charge in [-0.15, -0.1) is 0 Å². The van der Waals surface area contributed by atoms with Crippen LogP contribution < -0.4 is 4.90 Å². The molecule has 0 unspecified atom stereocenters. The van der Waals surface area contributed by atoms with Crippen molar-refractivity contribution in [3.63, 3.8) is 0 Å². The number of imide groups is 1. The standard InChI is InChI=1S/C23H23F2N3O3/c1-15-2-4-16(5-3-15)20-21(27-10-8-26(9-11-27)12-13-29)23(31)28(22(20)30)17-6-7-18(24)19(25)14-17/h2-7,14,29H,8-13H2,1H3. The Kier molecular flexibility index (Phi) is 5.84. The van der Waals surface area contributed by atoms with Crippen LogP contribution in [0.25, 0.3) is 5.57 Å². The molecular weight excluding hydrogens is 404 g/mol. The molecule has 0 aliphatic carbocycles. The Hall–Kier alpha value is -3.10. The molecule has 2 amide bonds. The molecule has 1 saturated heterocycles. The van der Waals surface area contributed by atoms with Crippen LogP contribution in [-0.2, 0) is 9.59 Å². The van der Waals surface area contributed by atoms with Crippen molar-refractivity contribution in [3.05, 3.63) is 70.9 Å². The molecule has 162 valence electrons. The highest BCUT2D eigenvalue weighted by molar-refractivity contribution is 6.45. The number of carbonyl (C=O) groups excluding carboxylic acids is 2. The third-order valence-corrected chi connectivity index (χ3v) is 5.67. The van der Waals surface area contributed by atoms with Crippen LogP contribution in [0.2, 0.25) is 0 Å². The zero-order valence-electron chi connectivity index (χ0n) is 17.1. The van der Waals surface area contributed by atoms with Crippen LogP contribution in [0.15, 0.2) is 48.2 Å². The first-order chi connectivity index (χ1) is 14.9. The molecule has 31 heavy (non-hydrogen) atoms. The van der Waals surface area contributed by atoms with Crippen LogP contribution in [0, 0.1) is 18.6 Å². The Bertz CT molecular complexity index is 1040. The quantitative estimate of drug-likeness (QED) is 0.741. The Morgan fingerprint density at radius 2 is 1.58 bits per heavy atom. The van der Waals surface area contributed by atoms with E-state index in [4.69, 9.17) is 5.11 Å². The van der Waals surface area contributed by atoms with Crippen molar-refractivity contribution in [2.24, 2.45) is 0 Å². The van der Waals surface area contributed by atoms with Crippen molar-refractivity contribution in [1.29, 1.82) is 0 Å². The number of nitrogens with zero attached hydrogens (tertiary/aromatic N) is 3. The van der Waals surface area contributed by atoms with Crippen molar-refractivity contribution in [2.45, 2.75) is 6.92 Å². The summed E-state index contributed by atoms with van der Waals surface area (Å²) in [6.45, 7) is 4.82. The molecule has 4 rings (SSSR count). The summed E-state index contributed by atoms with van der Waals surface area (Å²) < 4.78 is 27.3. The molecule has 1 N–H and O–H groups in total. The number of aliphatic hydroxyl groups excluding tert-OH is 1. The van der Waals surface area contributed by atoms with Gasteiger partial charge in [-0.1, -0.05) is 29.8 Å². The monoisotopic (exact) mass is 427 g/mol. The molecule has 6 nitrogen and oxygen atoms in total. The number of rotatable bonds is 5. The van der Waals surface area contributed by atoms with Gasteiger partial charge >= 0.3 is 0 Å². The van der Waals surface area contributed by atoms with E-state index in [2.05, 4.69) is 4.90 Å². The first kappa shape index (κ1) is 21.1. The second-order valence-corrected chi connectivity index (χ2v) is 7.69. The summed E-state index contributed by atoms with van der Waals surface area (Å²) >= 11 is 0. The highest BCUT2D eigenvalue weighted by Crippen LogP contribution is 2.35. The topological polar surface area (TPSA) is 64.1 Å². The molecule has 0 radical (unpaired) electrons. The lowest BCUT2D eigenvalue weighted by Crippen LogP contribution is -2.48. The average Bonchev–Trinajstić information content (AvgIpc) is 3.02. The normalized spacial score (nSPS) is 17.8. The van der Waals surface area contributed by atoms with E-state index in [0.29, 0.717) is 38.3 Å². The fraction of sp³-hybridized carbons (Fsp3) is 0.304. The predicted molar refractivity (Wildman–Crippen MR) is 112 cm³/mol. The molecule has 0 aromatic heterocycles. The number of hydrogen-bond donors (Lipinski definition) is 1. The molecule has 2 aliphatic rings. The number of aryl methyl sites for hydroxylation is 1. The van der Waals surface area contributed by atoms with Gasteiger partial charge in [0.05, 0.1) is 17.9 Å². The first-order valence-electron chi connectivity index (χ1n) is 10.1. The molecule has 0 bridgehead atoms. The van der Waals surface area contributed by atoms with Gasteiger partial charge in [0.25, 0.3) is 11.8 Å². The van der Waals surface area contributed by atoms with Gasteiger partial charge in [-0.25, -0.2) is 13.7 Å². The molecule has 8 heteroatoms. The fourth-order valence-corrected chi connectivity index (χ4v) is 3.99. The van der Waals surface area contributed by atoms with Crippen molar-refractivity contribution >= 4 is 23.1 Å². The van der Waals surface area contributed by atoms with Gasteiger partial charge in [0.1, 0.15) is 5.70 Å². The van der Waals surface area contributed by atoms with Crippen LogP contribution >= 0.6 is 0 Å². The van der Waals surface area contributed by atoms with Gasteiger partial charge in [0.2, 0.25) is 0 Å². The minimum atomic E-state index is -1.12. The fourth-order valence-electron chi connectivity index (χ4n) is 3.99. The molecule has 2 aliphatic heterocycles. The Morgan fingerprint density at radius 3 is 2.19 bits per heavy atom. The SMILES string of the molecule is Cc1ccc(C2=C(N3CCN(CCO)CC3)C(=O)N(c3ccc(F)c(F)c3)C2=O)cc1. The maximum atomic E-state index is 13.8. The molecule has 1 fully saturated rings. The van der Waals surface area contributed by atoms with E-state index in [-0.39, 0.29) is 23.6 Å². The summed E-state index contributed by atoms with van der Waals surface area (Å²) in [6.07, 6.45) is 0. The van der Waals surface area contributed by atoms with E-state index in [9.17, 15) is 18.4 Å². The number of aliphatic hydroxyl groups is 1. The molecule has 0 spiro atoms. The van der Waals surface area contributed by atoms with Crippen LogP contribution in [0.4, 0.5) is 14.5 Å². The van der Waals surface area contributed by atoms with E-state index in [1.54, 1.807) is 12.1 Å². The summed E-state index contributed by atoms with van der Waals surface area (Å²) in [5, 5.41) is 9.16. The van der Waals surface area contributed by atoms with Crippen molar-refractivity contribution in [2.75, 3.05) is 44.2 Å². The lowest BCUT2D eigenvalue weighted by Gasteiger charge is -2.36. The lowest BCUT2D eigenvalue weighted by atomic mass is 10.0. The molecule has 2 heterocycles. The smallest absolute Gasteiger partial charge is 0.282 e. The Balaban J connectivity index is 1.74. The van der Waals surface area contributed by atoms with E-state index < -0.39 is 23.4 Å². The number of anilines is 1. The van der Waals surface area contributed by atoms with Gasteiger partial charge < -0.3 is 10.0 Å². The summed E-state index contributed by atoms with van der Waals surface area (Å²) in [4.78, 5) is 31.6. The van der Waals surface area contributed by atoms with E-state index >= 15 is 0 Å². The van der Waals surface area contributed by atoms with Crippen molar-refractivity contribution in [1.82, 2.24) is 9.80 Å². The highest BCUT2D eigenvalue weighted by atomic mass is 19.2. The second kappa shape index (κ2) is 8.56. The summed E-state index contributed by atoms with van der Waals surface area (Å²) in [5.41, 5.74) is 2.12. The number of hydrogen-bond acceptors (Lipinski definition) is 5. The van der Waals surface area contributed by atoms with Gasteiger partial charge in [-0.3, -0.25) is 14.5 Å². The first-order valence-corrected chi connectivity index (χ1v) is 10.1. The molecule has 0 saturated carbocycles. The van der Waals surface area contributed by atoms with Crippen LogP contribution in [0.3, 0.4) is 0 Å². The van der Waals surface area contributed by atoms with Gasteiger partial charge in [-0.05, 0) is 24.6 Å². The van der Waals surface area contributed by atoms with Crippen LogP contribution in [-0.4, -0.2) is 66.1 Å². The van der Waals surface area contributed by atoms with Crippen LogP contribution in [0.5, 0.6) is 0 Å². The minimum Gasteiger partial charge on any atom is -0.395 e. The van der Waals surface area contributed by atoms with E-state index in [1.165, 1.54) is 6.07 Å². The largest absolute Gasteiger partial charge is 0.395 e. The molecule has 0 atom stereocenters. The predicted octanol–water partition coefficient (Wildman–Crippen LogP) is 2.17. The maximum absolute atomic E-state index is 13.8. The second-order valence-electron chi connectivity index (χ2n) is 7.69. The lowest BCUT2D eigenvalue weighted by molar-refractivity contribution is -0.120. The number of benzene rings is 2. The van der Waals surface area contributed by atoms with Gasteiger partial charge in [0.15, 0.2) is 11.6 Å². The number of piperazine rings is 1. The summed E-state index contributed by atoms with van der Waals surface area (Å²) in [6, 6.07) is 10.3. The minimum absolute atomic E-state index is 0.00701. The number of β-amino-alcohol motifs (C(OH)–C–C–N with tert-alkyl or cyclic N) is 1. The molecule has 2 aromatic carbocycles. The summed E-state index contributed by atoms with van der Waals surface area (Å²) in [7, 11) is 0. The zero-order chi connectivity index (χ0) is 22.1. The average molecular weight is 427 g/mol. The number of halogens is 2.